The standard InChI is InChI=1S/C8H12N.2ClH.Zr/c1-8(2,3)7-4-5-9-6-7;;;/h4-5,9H,1-3H3;2*1H;/q-1;;;+3/p-2. The van der Waals surface area contributed by atoms with Crippen LogP contribution in [0.15, 0.2) is 12.3 Å². The third kappa shape index (κ3) is 5.40. The fourth-order valence-electron chi connectivity index (χ4n) is 0.724. The summed E-state index contributed by atoms with van der Waals surface area (Å²) in [5, 5.41) is 0. The predicted octanol–water partition coefficient (Wildman–Crippen LogP) is -3.88. The third-order valence-corrected chi connectivity index (χ3v) is 1.35. The van der Waals surface area contributed by atoms with Crippen LogP contribution < -0.4 is 24.8 Å². The van der Waals surface area contributed by atoms with E-state index in [1.807, 2.05) is 6.20 Å². The quantitative estimate of drug-likeness (QED) is 0.469. The fourth-order valence-corrected chi connectivity index (χ4v) is 0.724. The van der Waals surface area contributed by atoms with Gasteiger partial charge in [0.25, 0.3) is 0 Å². The summed E-state index contributed by atoms with van der Waals surface area (Å²) >= 11 is 0. The van der Waals surface area contributed by atoms with Gasteiger partial charge in [-0.2, -0.15) is 12.3 Å². The van der Waals surface area contributed by atoms with Gasteiger partial charge in [-0.1, -0.05) is 20.8 Å². The van der Waals surface area contributed by atoms with Gasteiger partial charge >= 0.3 is 26.2 Å². The van der Waals surface area contributed by atoms with E-state index < -0.39 is 0 Å². The maximum Gasteiger partial charge on any atom is 3.00 e. The van der Waals surface area contributed by atoms with Crippen molar-refractivity contribution in [1.29, 1.82) is 0 Å². The Kier molecular flexibility index (Phi) is 11.1. The Morgan fingerprint density at radius 2 is 1.75 bits per heavy atom. The Hall–Kier alpha value is 0.743. The van der Waals surface area contributed by atoms with Crippen LogP contribution in [0.1, 0.15) is 26.3 Å². The van der Waals surface area contributed by atoms with Gasteiger partial charge in [-0.25, -0.2) is 0 Å². The minimum absolute atomic E-state index is 0. The molecule has 0 unspecified atom stereocenters. The van der Waals surface area contributed by atoms with Crippen LogP contribution in [0.3, 0.4) is 0 Å². The average Bonchev–Trinajstić information content (AvgIpc) is 2.08. The number of H-pyrrole nitrogens is 1. The summed E-state index contributed by atoms with van der Waals surface area (Å²) in [6, 6.07) is 2.06. The van der Waals surface area contributed by atoms with Crippen LogP contribution >= 0.6 is 0 Å². The molecule has 0 atom stereocenters. The van der Waals surface area contributed by atoms with Crippen molar-refractivity contribution in [3.05, 3.63) is 24.0 Å². The van der Waals surface area contributed by atoms with Crippen LogP contribution in [0, 0.1) is 6.20 Å². The number of hydrogen-bond acceptors (Lipinski definition) is 0. The van der Waals surface area contributed by atoms with E-state index in [-0.39, 0.29) is 56.4 Å². The molecular formula is C8H12Cl2NZr. The number of nitrogens with one attached hydrogen (secondary N) is 1. The third-order valence-electron chi connectivity index (χ3n) is 1.35. The molecule has 1 heterocycles. The molecule has 0 fully saturated rings. The monoisotopic (exact) mass is 282 g/mol. The molecule has 0 saturated carbocycles. The van der Waals surface area contributed by atoms with E-state index in [4.69, 9.17) is 0 Å². The molecule has 67 valence electrons. The van der Waals surface area contributed by atoms with Gasteiger partial charge in [-0.15, -0.1) is 11.8 Å². The molecule has 1 rings (SSSR count). The van der Waals surface area contributed by atoms with E-state index in [0.29, 0.717) is 0 Å². The topological polar surface area (TPSA) is 15.8 Å². The van der Waals surface area contributed by atoms with Crippen molar-refractivity contribution in [3.8, 4) is 0 Å². The molecular weight excluding hydrogens is 272 g/mol. The first-order valence-corrected chi connectivity index (χ1v) is 3.16. The number of hydrogen-bond donors (Lipinski definition) is 1. The van der Waals surface area contributed by atoms with Crippen molar-refractivity contribution in [2.24, 2.45) is 0 Å². The first-order chi connectivity index (χ1) is 4.11. The number of aromatic nitrogens is 1. The van der Waals surface area contributed by atoms with Gasteiger partial charge in [0.2, 0.25) is 0 Å². The van der Waals surface area contributed by atoms with Crippen molar-refractivity contribution < 1.29 is 51.0 Å². The van der Waals surface area contributed by atoms with Crippen LogP contribution in [-0.4, -0.2) is 4.98 Å². The van der Waals surface area contributed by atoms with Crippen LogP contribution in [0.4, 0.5) is 0 Å². The molecule has 0 aliphatic rings. The minimum atomic E-state index is 0. The van der Waals surface area contributed by atoms with Gasteiger partial charge in [-0.05, 0) is 5.41 Å². The largest absolute Gasteiger partial charge is 3.00 e. The molecule has 1 N–H and O–H groups in total. The molecule has 1 radical (unpaired) electrons. The summed E-state index contributed by atoms with van der Waals surface area (Å²) in [6.07, 6.45) is 4.96. The molecule has 0 aliphatic heterocycles. The van der Waals surface area contributed by atoms with Crippen LogP contribution in [0.25, 0.3) is 0 Å². The second-order valence-electron chi connectivity index (χ2n) is 3.27. The van der Waals surface area contributed by atoms with Crippen molar-refractivity contribution in [2.75, 3.05) is 0 Å². The molecule has 0 spiro atoms. The summed E-state index contributed by atoms with van der Waals surface area (Å²) in [6.45, 7) is 6.52. The van der Waals surface area contributed by atoms with Gasteiger partial charge in [-0.3, -0.25) is 0 Å². The van der Waals surface area contributed by atoms with Gasteiger partial charge in [0.05, 0.1) is 0 Å². The molecule has 1 aromatic rings. The second kappa shape index (κ2) is 7.18. The van der Waals surface area contributed by atoms with Crippen molar-refractivity contribution in [3.63, 3.8) is 0 Å². The zero-order chi connectivity index (χ0) is 6.91. The number of halogens is 2. The summed E-state index contributed by atoms with van der Waals surface area (Å²) in [4.78, 5) is 2.91. The van der Waals surface area contributed by atoms with E-state index in [0.717, 1.165) is 0 Å². The van der Waals surface area contributed by atoms with E-state index in [2.05, 4.69) is 38.0 Å². The van der Waals surface area contributed by atoms with E-state index in [9.17, 15) is 0 Å². The van der Waals surface area contributed by atoms with Crippen molar-refractivity contribution in [1.82, 2.24) is 4.98 Å². The smallest absolute Gasteiger partial charge is 1.00 e. The SMILES string of the molecule is CC(C)(C)c1[c-][nH]cc1.[Cl-].[Cl-].[Zr+3]. The zero-order valence-corrected chi connectivity index (χ0v) is 11.4. The molecule has 0 saturated heterocycles. The summed E-state index contributed by atoms with van der Waals surface area (Å²) in [5.41, 5.74) is 1.47. The summed E-state index contributed by atoms with van der Waals surface area (Å²) in [5.74, 6) is 0. The maximum absolute atomic E-state index is 3.05. The van der Waals surface area contributed by atoms with Crippen LogP contribution in [0.5, 0.6) is 0 Å². The van der Waals surface area contributed by atoms with E-state index in [1.165, 1.54) is 5.56 Å². The molecule has 0 aromatic carbocycles. The van der Waals surface area contributed by atoms with Crippen molar-refractivity contribution in [2.45, 2.75) is 26.2 Å². The maximum atomic E-state index is 3.05. The van der Waals surface area contributed by atoms with Gasteiger partial charge < -0.3 is 29.8 Å². The normalized spacial score (nSPS) is 8.92. The summed E-state index contributed by atoms with van der Waals surface area (Å²) in [7, 11) is 0. The van der Waals surface area contributed by atoms with E-state index >= 15 is 0 Å². The van der Waals surface area contributed by atoms with Gasteiger partial charge in [0.1, 0.15) is 0 Å². The Morgan fingerprint density at radius 1 is 1.25 bits per heavy atom. The average molecular weight is 284 g/mol. The Morgan fingerprint density at radius 3 is 1.92 bits per heavy atom. The zero-order valence-electron chi connectivity index (χ0n) is 7.41. The molecule has 0 amide bonds. The fraction of sp³-hybridized carbons (Fsp3) is 0.500. The first kappa shape index (κ1) is 18.5. The van der Waals surface area contributed by atoms with Gasteiger partial charge in [0.15, 0.2) is 0 Å². The molecule has 4 heteroatoms. The van der Waals surface area contributed by atoms with Crippen LogP contribution in [0.2, 0.25) is 0 Å². The van der Waals surface area contributed by atoms with Crippen LogP contribution in [-0.2, 0) is 31.6 Å². The molecule has 0 bridgehead atoms. The molecule has 12 heavy (non-hydrogen) atoms. The number of rotatable bonds is 0. The van der Waals surface area contributed by atoms with Crippen molar-refractivity contribution >= 4 is 0 Å². The molecule has 0 aliphatic carbocycles. The first-order valence-electron chi connectivity index (χ1n) is 3.16. The Balaban J connectivity index is -0.000000270. The molecule has 1 aromatic heterocycles. The summed E-state index contributed by atoms with van der Waals surface area (Å²) < 4.78 is 0. The van der Waals surface area contributed by atoms with E-state index in [1.54, 1.807) is 0 Å². The minimum Gasteiger partial charge on any atom is -1.00 e. The van der Waals surface area contributed by atoms with Gasteiger partial charge in [0, 0.05) is 0 Å². The second-order valence-corrected chi connectivity index (χ2v) is 3.27. The predicted molar refractivity (Wildman–Crippen MR) is 38.3 cm³/mol. The number of aromatic amines is 1. The Bertz CT molecular complexity index is 179. The Labute approximate surface area is 106 Å². The molecule has 1 nitrogen and oxygen atoms in total.